The van der Waals surface area contributed by atoms with Gasteiger partial charge in [-0.15, -0.1) is 0 Å². The van der Waals surface area contributed by atoms with Gasteiger partial charge in [-0.3, -0.25) is 4.79 Å². The molecule has 0 unspecified atom stereocenters. The molecular weight excluding hydrogens is 414 g/mol. The molecule has 0 heterocycles. The SMILES string of the molecule is NS(=O)(=O)c1ccc(Cl)c(C(=O)OCC(=O)c2ccc(C3CCCCC3)cc2)c1. The smallest absolute Gasteiger partial charge is 0.340 e. The Morgan fingerprint density at radius 1 is 1.03 bits per heavy atom. The molecule has 0 aliphatic heterocycles. The molecule has 29 heavy (non-hydrogen) atoms. The monoisotopic (exact) mass is 435 g/mol. The van der Waals surface area contributed by atoms with Crippen LogP contribution in [0.25, 0.3) is 0 Å². The van der Waals surface area contributed by atoms with Gasteiger partial charge in [0.1, 0.15) is 0 Å². The second-order valence-electron chi connectivity index (χ2n) is 7.14. The second-order valence-corrected chi connectivity index (χ2v) is 9.11. The van der Waals surface area contributed by atoms with Crippen LogP contribution in [0.15, 0.2) is 47.4 Å². The van der Waals surface area contributed by atoms with Gasteiger partial charge in [0.2, 0.25) is 10.0 Å². The fraction of sp³-hybridized carbons (Fsp3) is 0.333. The highest BCUT2D eigenvalue weighted by Gasteiger charge is 2.19. The average molecular weight is 436 g/mol. The van der Waals surface area contributed by atoms with Gasteiger partial charge in [0, 0.05) is 5.56 Å². The number of hydrogen-bond acceptors (Lipinski definition) is 5. The highest BCUT2D eigenvalue weighted by Crippen LogP contribution is 2.32. The molecule has 0 atom stereocenters. The Kier molecular flexibility index (Phi) is 6.72. The van der Waals surface area contributed by atoms with E-state index in [1.807, 2.05) is 12.1 Å². The fourth-order valence-electron chi connectivity index (χ4n) is 3.51. The Hall–Kier alpha value is -2.22. The molecule has 2 aromatic rings. The van der Waals surface area contributed by atoms with Gasteiger partial charge in [0.15, 0.2) is 12.4 Å². The Labute approximate surface area is 175 Å². The van der Waals surface area contributed by atoms with E-state index in [9.17, 15) is 18.0 Å². The zero-order chi connectivity index (χ0) is 21.0. The summed E-state index contributed by atoms with van der Waals surface area (Å²) in [4.78, 5) is 24.3. The molecule has 1 aliphatic rings. The summed E-state index contributed by atoms with van der Waals surface area (Å²) in [5.41, 5.74) is 1.50. The van der Waals surface area contributed by atoms with Crippen LogP contribution in [0.4, 0.5) is 0 Å². The lowest BCUT2D eigenvalue weighted by Crippen LogP contribution is -2.16. The number of rotatable bonds is 6. The minimum absolute atomic E-state index is 0.00619. The number of carbonyl (C=O) groups is 2. The third-order valence-electron chi connectivity index (χ3n) is 5.13. The van der Waals surface area contributed by atoms with Crippen LogP contribution in [-0.2, 0) is 14.8 Å². The molecule has 154 valence electrons. The van der Waals surface area contributed by atoms with Crippen LogP contribution in [0, 0.1) is 0 Å². The molecule has 0 amide bonds. The van der Waals surface area contributed by atoms with E-state index in [0.29, 0.717) is 11.5 Å². The van der Waals surface area contributed by atoms with Gasteiger partial charge in [-0.2, -0.15) is 0 Å². The van der Waals surface area contributed by atoms with Gasteiger partial charge in [-0.05, 0) is 42.5 Å². The number of ketones is 1. The predicted octanol–water partition coefficient (Wildman–Crippen LogP) is 4.07. The molecule has 0 spiro atoms. The Balaban J connectivity index is 1.64. The number of ether oxygens (including phenoxy) is 1. The quantitative estimate of drug-likeness (QED) is 0.544. The molecule has 3 rings (SSSR count). The van der Waals surface area contributed by atoms with E-state index < -0.39 is 22.6 Å². The molecule has 0 radical (unpaired) electrons. The predicted molar refractivity (Wildman–Crippen MR) is 110 cm³/mol. The fourth-order valence-corrected chi connectivity index (χ4v) is 4.24. The standard InChI is InChI=1S/C21H22ClNO5S/c22-19-11-10-17(29(23,26)27)12-18(19)21(25)28-13-20(24)16-8-6-15(7-9-16)14-4-2-1-3-5-14/h6-12,14H,1-5,13H2,(H2,23,26,27). The molecule has 2 aromatic carbocycles. The van der Waals surface area contributed by atoms with Crippen molar-refractivity contribution in [1.29, 1.82) is 0 Å². The van der Waals surface area contributed by atoms with E-state index in [1.165, 1.54) is 49.8 Å². The van der Waals surface area contributed by atoms with Crippen molar-refractivity contribution in [2.24, 2.45) is 5.14 Å². The van der Waals surface area contributed by atoms with Crippen LogP contribution in [0.3, 0.4) is 0 Å². The molecule has 8 heteroatoms. The molecule has 1 fully saturated rings. The zero-order valence-corrected chi connectivity index (χ0v) is 17.3. The summed E-state index contributed by atoms with van der Waals surface area (Å²) in [6, 6.07) is 10.9. The Morgan fingerprint density at radius 3 is 2.31 bits per heavy atom. The Morgan fingerprint density at radius 2 is 1.69 bits per heavy atom. The first-order valence-corrected chi connectivity index (χ1v) is 11.3. The van der Waals surface area contributed by atoms with Crippen molar-refractivity contribution in [3.05, 3.63) is 64.2 Å². The number of Topliss-reactive ketones (excluding diaryl/α,β-unsaturated/α-hetero) is 1. The number of primary sulfonamides is 1. The van der Waals surface area contributed by atoms with Crippen LogP contribution < -0.4 is 5.14 Å². The van der Waals surface area contributed by atoms with E-state index in [1.54, 1.807) is 12.1 Å². The van der Waals surface area contributed by atoms with Crippen LogP contribution >= 0.6 is 11.6 Å². The third kappa shape index (κ3) is 5.44. The number of halogens is 1. The number of esters is 1. The second kappa shape index (κ2) is 9.07. The number of hydrogen-bond donors (Lipinski definition) is 1. The molecule has 6 nitrogen and oxygen atoms in total. The third-order valence-corrected chi connectivity index (χ3v) is 6.37. The summed E-state index contributed by atoms with van der Waals surface area (Å²) in [5, 5.41) is 5.07. The van der Waals surface area contributed by atoms with Crippen LogP contribution in [0.5, 0.6) is 0 Å². The van der Waals surface area contributed by atoms with E-state index in [4.69, 9.17) is 21.5 Å². The maximum Gasteiger partial charge on any atom is 0.340 e. The first kappa shape index (κ1) is 21.5. The van der Waals surface area contributed by atoms with E-state index in [0.717, 1.165) is 6.07 Å². The van der Waals surface area contributed by atoms with E-state index >= 15 is 0 Å². The normalized spacial score (nSPS) is 15.1. The maximum absolute atomic E-state index is 12.4. The number of nitrogens with two attached hydrogens (primary N) is 1. The summed E-state index contributed by atoms with van der Waals surface area (Å²) in [5.74, 6) is -0.709. The number of sulfonamides is 1. The van der Waals surface area contributed by atoms with Crippen LogP contribution in [0.2, 0.25) is 5.02 Å². The van der Waals surface area contributed by atoms with Crippen LogP contribution in [-0.4, -0.2) is 26.8 Å². The number of carbonyl (C=O) groups excluding carboxylic acids is 2. The van der Waals surface area contributed by atoms with Crippen LogP contribution in [0.1, 0.15) is 64.3 Å². The minimum atomic E-state index is -4.00. The van der Waals surface area contributed by atoms with Crippen molar-refractivity contribution in [2.45, 2.75) is 42.9 Å². The van der Waals surface area contributed by atoms with E-state index in [2.05, 4.69) is 0 Å². The molecule has 0 bridgehead atoms. The lowest BCUT2D eigenvalue weighted by atomic mass is 9.84. The van der Waals surface area contributed by atoms with Crippen molar-refractivity contribution in [1.82, 2.24) is 0 Å². The first-order chi connectivity index (χ1) is 13.8. The van der Waals surface area contributed by atoms with Gasteiger partial charge in [-0.25, -0.2) is 18.4 Å². The summed E-state index contributed by atoms with van der Waals surface area (Å²) in [6.07, 6.45) is 6.09. The first-order valence-electron chi connectivity index (χ1n) is 9.38. The minimum Gasteiger partial charge on any atom is -0.454 e. The molecule has 0 saturated heterocycles. The van der Waals surface area contributed by atoms with E-state index in [-0.39, 0.29) is 21.3 Å². The Bertz CT molecular complexity index is 1010. The van der Waals surface area contributed by atoms with Gasteiger partial charge in [-0.1, -0.05) is 55.1 Å². The summed E-state index contributed by atoms with van der Waals surface area (Å²) in [7, 11) is -4.00. The van der Waals surface area contributed by atoms with Gasteiger partial charge >= 0.3 is 5.97 Å². The summed E-state index contributed by atoms with van der Waals surface area (Å²) < 4.78 is 27.9. The maximum atomic E-state index is 12.4. The topological polar surface area (TPSA) is 104 Å². The van der Waals surface area contributed by atoms with Crippen molar-refractivity contribution in [3.63, 3.8) is 0 Å². The van der Waals surface area contributed by atoms with Crippen molar-refractivity contribution < 1.29 is 22.7 Å². The average Bonchev–Trinajstić information content (AvgIpc) is 2.72. The lowest BCUT2D eigenvalue weighted by Gasteiger charge is -2.22. The van der Waals surface area contributed by atoms with Crippen molar-refractivity contribution in [2.75, 3.05) is 6.61 Å². The molecular formula is C21H22ClNO5S. The number of benzene rings is 2. The summed E-state index contributed by atoms with van der Waals surface area (Å²) in [6.45, 7) is -0.475. The zero-order valence-electron chi connectivity index (χ0n) is 15.8. The highest BCUT2D eigenvalue weighted by atomic mass is 35.5. The summed E-state index contributed by atoms with van der Waals surface area (Å²) >= 11 is 5.94. The van der Waals surface area contributed by atoms with Crippen molar-refractivity contribution >= 4 is 33.4 Å². The van der Waals surface area contributed by atoms with Gasteiger partial charge in [0.25, 0.3) is 0 Å². The molecule has 1 saturated carbocycles. The molecule has 2 N–H and O–H groups in total. The van der Waals surface area contributed by atoms with Gasteiger partial charge < -0.3 is 4.74 Å². The largest absolute Gasteiger partial charge is 0.454 e. The van der Waals surface area contributed by atoms with Gasteiger partial charge in [0.05, 0.1) is 15.5 Å². The lowest BCUT2D eigenvalue weighted by molar-refractivity contribution is 0.0474. The molecule has 1 aliphatic carbocycles. The highest BCUT2D eigenvalue weighted by molar-refractivity contribution is 7.89. The van der Waals surface area contributed by atoms with Crippen molar-refractivity contribution in [3.8, 4) is 0 Å². The molecule has 0 aromatic heterocycles.